The Morgan fingerprint density at radius 2 is 2.10 bits per heavy atom. The summed E-state index contributed by atoms with van der Waals surface area (Å²) in [5, 5.41) is 4.20. The van der Waals surface area contributed by atoms with Crippen molar-refractivity contribution in [1.29, 1.82) is 0 Å². The standard InChI is InChI=1S/C16H21N3O2/c1-18(11-3-5-16(20)21-2)13-14-6-8-15(9-7-14)19-12-4-10-17-19/h4,6-10,12H,3,5,11,13H2,1-2H3. The van der Waals surface area contributed by atoms with E-state index in [-0.39, 0.29) is 5.97 Å². The smallest absolute Gasteiger partial charge is 0.305 e. The Kier molecular flexibility index (Phi) is 5.51. The minimum atomic E-state index is -0.146. The van der Waals surface area contributed by atoms with Crippen LogP contribution in [0.3, 0.4) is 0 Å². The SMILES string of the molecule is COC(=O)CCCN(C)Cc1ccc(-n2cccn2)cc1. The number of benzene rings is 1. The summed E-state index contributed by atoms with van der Waals surface area (Å²) >= 11 is 0. The minimum absolute atomic E-state index is 0.146. The summed E-state index contributed by atoms with van der Waals surface area (Å²) in [5.41, 5.74) is 2.29. The van der Waals surface area contributed by atoms with E-state index in [4.69, 9.17) is 0 Å². The van der Waals surface area contributed by atoms with Gasteiger partial charge in [-0.05, 0) is 43.8 Å². The van der Waals surface area contributed by atoms with Gasteiger partial charge in [0.25, 0.3) is 0 Å². The molecule has 0 radical (unpaired) electrons. The molecular formula is C16H21N3O2. The molecule has 0 N–H and O–H groups in total. The number of ether oxygens (including phenoxy) is 1. The van der Waals surface area contributed by atoms with Crippen molar-refractivity contribution < 1.29 is 9.53 Å². The van der Waals surface area contributed by atoms with Crippen LogP contribution < -0.4 is 0 Å². The molecule has 0 unspecified atom stereocenters. The van der Waals surface area contributed by atoms with Crippen LogP contribution in [0.5, 0.6) is 0 Å². The van der Waals surface area contributed by atoms with Crippen LogP contribution in [0.2, 0.25) is 0 Å². The monoisotopic (exact) mass is 287 g/mol. The Balaban J connectivity index is 1.81. The van der Waals surface area contributed by atoms with Crippen molar-refractivity contribution in [2.24, 2.45) is 0 Å². The molecule has 5 heteroatoms. The summed E-state index contributed by atoms with van der Waals surface area (Å²) in [5.74, 6) is -0.146. The predicted octanol–water partition coefficient (Wildman–Crippen LogP) is 2.26. The second-order valence-electron chi connectivity index (χ2n) is 5.03. The quantitative estimate of drug-likeness (QED) is 0.733. The van der Waals surface area contributed by atoms with Gasteiger partial charge >= 0.3 is 5.97 Å². The third-order valence-electron chi connectivity index (χ3n) is 3.31. The molecule has 0 fully saturated rings. The van der Waals surface area contributed by atoms with Crippen LogP contribution in [-0.2, 0) is 16.1 Å². The zero-order valence-corrected chi connectivity index (χ0v) is 12.5. The molecule has 0 aliphatic rings. The molecule has 112 valence electrons. The number of esters is 1. The van der Waals surface area contributed by atoms with Gasteiger partial charge in [-0.25, -0.2) is 4.68 Å². The van der Waals surface area contributed by atoms with E-state index in [1.807, 2.05) is 16.9 Å². The van der Waals surface area contributed by atoms with Crippen molar-refractivity contribution in [3.63, 3.8) is 0 Å². The topological polar surface area (TPSA) is 47.4 Å². The third-order valence-corrected chi connectivity index (χ3v) is 3.31. The Hall–Kier alpha value is -2.14. The van der Waals surface area contributed by atoms with Crippen LogP contribution in [0, 0.1) is 0 Å². The number of carbonyl (C=O) groups excluding carboxylic acids is 1. The van der Waals surface area contributed by atoms with E-state index in [9.17, 15) is 4.79 Å². The Bertz CT molecular complexity index is 549. The van der Waals surface area contributed by atoms with Gasteiger partial charge in [0.15, 0.2) is 0 Å². The first-order valence-electron chi connectivity index (χ1n) is 7.03. The van der Waals surface area contributed by atoms with Crippen molar-refractivity contribution in [3.8, 4) is 5.69 Å². The van der Waals surface area contributed by atoms with E-state index in [0.717, 1.165) is 25.2 Å². The predicted molar refractivity (Wildman–Crippen MR) is 81.1 cm³/mol. The molecule has 2 aromatic rings. The molecule has 1 heterocycles. The molecule has 0 aliphatic heterocycles. The van der Waals surface area contributed by atoms with E-state index >= 15 is 0 Å². The van der Waals surface area contributed by atoms with Crippen LogP contribution in [-0.4, -0.2) is 41.4 Å². The first-order chi connectivity index (χ1) is 10.2. The molecule has 1 aromatic carbocycles. The zero-order valence-electron chi connectivity index (χ0n) is 12.5. The number of carbonyl (C=O) groups is 1. The number of rotatable bonds is 7. The fourth-order valence-corrected chi connectivity index (χ4v) is 2.16. The van der Waals surface area contributed by atoms with Crippen LogP contribution in [0.4, 0.5) is 0 Å². The van der Waals surface area contributed by atoms with Crippen molar-refractivity contribution in [2.45, 2.75) is 19.4 Å². The van der Waals surface area contributed by atoms with Crippen LogP contribution >= 0.6 is 0 Å². The highest BCUT2D eigenvalue weighted by Gasteiger charge is 2.04. The number of nitrogens with zero attached hydrogens (tertiary/aromatic N) is 3. The summed E-state index contributed by atoms with van der Waals surface area (Å²) in [6, 6.07) is 10.2. The van der Waals surface area contributed by atoms with Gasteiger partial charge in [-0.1, -0.05) is 12.1 Å². The fraction of sp³-hybridized carbons (Fsp3) is 0.375. The highest BCUT2D eigenvalue weighted by Crippen LogP contribution is 2.10. The highest BCUT2D eigenvalue weighted by atomic mass is 16.5. The van der Waals surface area contributed by atoms with E-state index in [2.05, 4.69) is 46.0 Å². The third kappa shape index (κ3) is 4.72. The molecular weight excluding hydrogens is 266 g/mol. The molecule has 2 rings (SSSR count). The van der Waals surface area contributed by atoms with Gasteiger partial charge in [-0.2, -0.15) is 5.10 Å². The first kappa shape index (κ1) is 15.3. The molecule has 0 amide bonds. The molecule has 0 bridgehead atoms. The van der Waals surface area contributed by atoms with Gasteiger partial charge in [-0.3, -0.25) is 4.79 Å². The van der Waals surface area contributed by atoms with Gasteiger partial charge in [-0.15, -0.1) is 0 Å². The number of hydrogen-bond donors (Lipinski definition) is 0. The molecule has 0 saturated carbocycles. The molecule has 0 aliphatic carbocycles. The van der Waals surface area contributed by atoms with E-state index < -0.39 is 0 Å². The highest BCUT2D eigenvalue weighted by molar-refractivity contribution is 5.69. The van der Waals surface area contributed by atoms with Crippen molar-refractivity contribution >= 4 is 5.97 Å². The zero-order chi connectivity index (χ0) is 15.1. The molecule has 0 atom stereocenters. The average Bonchev–Trinajstić information content (AvgIpc) is 3.02. The van der Waals surface area contributed by atoms with Gasteiger partial charge in [0, 0.05) is 25.4 Å². The maximum atomic E-state index is 11.1. The number of methoxy groups -OCH3 is 1. The number of aromatic nitrogens is 2. The van der Waals surface area contributed by atoms with Crippen LogP contribution in [0.1, 0.15) is 18.4 Å². The van der Waals surface area contributed by atoms with Gasteiger partial charge in [0.05, 0.1) is 12.8 Å². The van der Waals surface area contributed by atoms with E-state index in [1.54, 1.807) is 6.20 Å². The molecule has 0 saturated heterocycles. The van der Waals surface area contributed by atoms with E-state index in [1.165, 1.54) is 12.7 Å². The summed E-state index contributed by atoms with van der Waals surface area (Å²) < 4.78 is 6.47. The molecule has 21 heavy (non-hydrogen) atoms. The fourth-order valence-electron chi connectivity index (χ4n) is 2.16. The van der Waals surface area contributed by atoms with Crippen molar-refractivity contribution in [3.05, 3.63) is 48.3 Å². The summed E-state index contributed by atoms with van der Waals surface area (Å²) in [6.07, 6.45) is 4.98. The van der Waals surface area contributed by atoms with Crippen LogP contribution in [0.15, 0.2) is 42.7 Å². The lowest BCUT2D eigenvalue weighted by molar-refractivity contribution is -0.140. The largest absolute Gasteiger partial charge is 0.469 e. The van der Waals surface area contributed by atoms with Gasteiger partial charge in [0.1, 0.15) is 0 Å². The van der Waals surface area contributed by atoms with Crippen molar-refractivity contribution in [2.75, 3.05) is 20.7 Å². The Morgan fingerprint density at radius 3 is 2.71 bits per heavy atom. The second-order valence-corrected chi connectivity index (χ2v) is 5.03. The van der Waals surface area contributed by atoms with Crippen molar-refractivity contribution in [1.82, 2.24) is 14.7 Å². The average molecular weight is 287 g/mol. The number of hydrogen-bond acceptors (Lipinski definition) is 4. The van der Waals surface area contributed by atoms with Crippen LogP contribution in [0.25, 0.3) is 5.69 Å². The Labute approximate surface area is 125 Å². The maximum Gasteiger partial charge on any atom is 0.305 e. The lowest BCUT2D eigenvalue weighted by Gasteiger charge is -2.16. The summed E-state index contributed by atoms with van der Waals surface area (Å²) in [7, 11) is 3.48. The molecule has 5 nitrogen and oxygen atoms in total. The summed E-state index contributed by atoms with van der Waals surface area (Å²) in [4.78, 5) is 13.3. The maximum absolute atomic E-state index is 11.1. The normalized spacial score (nSPS) is 10.8. The summed E-state index contributed by atoms with van der Waals surface area (Å²) in [6.45, 7) is 1.73. The first-order valence-corrected chi connectivity index (χ1v) is 7.03. The molecule has 0 spiro atoms. The lowest BCUT2D eigenvalue weighted by atomic mass is 10.2. The van der Waals surface area contributed by atoms with Gasteiger partial charge in [0.2, 0.25) is 0 Å². The molecule has 1 aromatic heterocycles. The van der Waals surface area contributed by atoms with Gasteiger partial charge < -0.3 is 9.64 Å². The van der Waals surface area contributed by atoms with E-state index in [0.29, 0.717) is 6.42 Å². The Morgan fingerprint density at radius 1 is 1.33 bits per heavy atom. The lowest BCUT2D eigenvalue weighted by Crippen LogP contribution is -2.20. The second kappa shape index (κ2) is 7.59. The minimum Gasteiger partial charge on any atom is -0.469 e.